The SMILES string of the molecule is COC(CN)CC(=O)Nc1ncc(Cc2ccc(Cl)cc2C)s1. The first-order valence-corrected chi connectivity index (χ1v) is 8.43. The van der Waals surface area contributed by atoms with Gasteiger partial charge in [-0.3, -0.25) is 4.79 Å². The van der Waals surface area contributed by atoms with Crippen molar-refractivity contribution in [3.8, 4) is 0 Å². The number of benzene rings is 1. The fourth-order valence-corrected chi connectivity index (χ4v) is 3.21. The third kappa shape index (κ3) is 5.28. The topological polar surface area (TPSA) is 77.2 Å². The van der Waals surface area contributed by atoms with Crippen molar-refractivity contribution in [2.45, 2.75) is 25.9 Å². The smallest absolute Gasteiger partial charge is 0.228 e. The molecule has 1 unspecified atom stereocenters. The summed E-state index contributed by atoms with van der Waals surface area (Å²) < 4.78 is 5.10. The molecule has 2 aromatic rings. The number of ether oxygens (including phenoxy) is 1. The van der Waals surface area contributed by atoms with Gasteiger partial charge in [-0.2, -0.15) is 0 Å². The third-order valence-corrected chi connectivity index (χ3v) is 4.63. The Morgan fingerprint density at radius 1 is 1.52 bits per heavy atom. The standard InChI is InChI=1S/C16H20ClN3O2S/c1-10-5-12(17)4-3-11(10)6-14-9-19-16(23-14)20-15(21)7-13(8-18)22-2/h3-5,9,13H,6-8,18H2,1-2H3,(H,19,20,21). The first-order valence-electron chi connectivity index (χ1n) is 7.24. The van der Waals surface area contributed by atoms with Crippen LogP contribution in [0.1, 0.15) is 22.4 Å². The van der Waals surface area contributed by atoms with Gasteiger partial charge in [0, 0.05) is 36.2 Å². The number of methoxy groups -OCH3 is 1. The van der Waals surface area contributed by atoms with Crippen molar-refractivity contribution in [1.29, 1.82) is 0 Å². The molecule has 0 saturated heterocycles. The van der Waals surface area contributed by atoms with Crippen LogP contribution in [0.4, 0.5) is 5.13 Å². The van der Waals surface area contributed by atoms with Crippen LogP contribution < -0.4 is 11.1 Å². The highest BCUT2D eigenvalue weighted by molar-refractivity contribution is 7.15. The van der Waals surface area contributed by atoms with Crippen LogP contribution in [0, 0.1) is 6.92 Å². The molecule has 1 atom stereocenters. The average Bonchev–Trinajstić information content (AvgIpc) is 2.94. The molecule has 0 radical (unpaired) electrons. The van der Waals surface area contributed by atoms with E-state index in [0.29, 0.717) is 11.7 Å². The van der Waals surface area contributed by atoms with Crippen LogP contribution in [-0.4, -0.2) is 30.6 Å². The van der Waals surface area contributed by atoms with E-state index in [1.54, 1.807) is 13.3 Å². The fourth-order valence-electron chi connectivity index (χ4n) is 2.13. The number of aromatic nitrogens is 1. The second kappa shape index (κ2) is 8.40. The molecule has 0 bridgehead atoms. The number of nitrogens with one attached hydrogen (secondary N) is 1. The lowest BCUT2D eigenvalue weighted by Gasteiger charge is -2.11. The van der Waals surface area contributed by atoms with E-state index in [4.69, 9.17) is 22.1 Å². The zero-order chi connectivity index (χ0) is 16.8. The highest BCUT2D eigenvalue weighted by atomic mass is 35.5. The molecule has 1 aromatic heterocycles. The normalized spacial score (nSPS) is 12.2. The number of aryl methyl sites for hydroxylation is 1. The van der Waals surface area contributed by atoms with Gasteiger partial charge in [0.25, 0.3) is 0 Å². The molecule has 1 aromatic carbocycles. The fraction of sp³-hybridized carbons (Fsp3) is 0.375. The molecule has 5 nitrogen and oxygen atoms in total. The molecule has 124 valence electrons. The Labute approximate surface area is 144 Å². The number of anilines is 1. The monoisotopic (exact) mass is 353 g/mol. The van der Waals surface area contributed by atoms with Gasteiger partial charge in [0.15, 0.2) is 5.13 Å². The van der Waals surface area contributed by atoms with Crippen molar-refractivity contribution in [2.24, 2.45) is 5.73 Å². The molecule has 0 aliphatic heterocycles. The second-order valence-electron chi connectivity index (χ2n) is 5.23. The van der Waals surface area contributed by atoms with E-state index in [2.05, 4.69) is 10.3 Å². The maximum absolute atomic E-state index is 11.9. The Balaban J connectivity index is 1.96. The highest BCUT2D eigenvalue weighted by Crippen LogP contribution is 2.24. The summed E-state index contributed by atoms with van der Waals surface area (Å²) in [6, 6.07) is 5.84. The maximum Gasteiger partial charge on any atom is 0.228 e. The Morgan fingerprint density at radius 2 is 2.30 bits per heavy atom. The number of rotatable bonds is 7. The zero-order valence-corrected chi connectivity index (χ0v) is 14.7. The Morgan fingerprint density at radius 3 is 2.96 bits per heavy atom. The summed E-state index contributed by atoms with van der Waals surface area (Å²) in [5.41, 5.74) is 7.85. The van der Waals surface area contributed by atoms with E-state index in [0.717, 1.165) is 21.9 Å². The summed E-state index contributed by atoms with van der Waals surface area (Å²) in [6.45, 7) is 2.34. The molecular formula is C16H20ClN3O2S. The van der Waals surface area contributed by atoms with Gasteiger partial charge in [-0.1, -0.05) is 17.7 Å². The third-order valence-electron chi connectivity index (χ3n) is 3.48. The Bertz CT molecular complexity index is 671. The van der Waals surface area contributed by atoms with E-state index >= 15 is 0 Å². The van der Waals surface area contributed by atoms with E-state index in [9.17, 15) is 4.79 Å². The minimum atomic E-state index is -0.272. The molecule has 0 aliphatic carbocycles. The summed E-state index contributed by atoms with van der Waals surface area (Å²) in [5, 5.41) is 4.10. The summed E-state index contributed by atoms with van der Waals surface area (Å²) >= 11 is 7.43. The molecule has 0 aliphatic rings. The number of thiazole rings is 1. The van der Waals surface area contributed by atoms with Crippen LogP contribution in [0.2, 0.25) is 5.02 Å². The molecule has 2 rings (SSSR count). The van der Waals surface area contributed by atoms with Gasteiger partial charge in [0.1, 0.15) is 0 Å². The predicted octanol–water partition coefficient (Wildman–Crippen LogP) is 3.00. The lowest BCUT2D eigenvalue weighted by molar-refractivity contribution is -0.118. The first kappa shape index (κ1) is 17.9. The van der Waals surface area contributed by atoms with Crippen molar-refractivity contribution in [1.82, 2.24) is 4.98 Å². The van der Waals surface area contributed by atoms with Crippen LogP contribution in [0.25, 0.3) is 0 Å². The molecule has 0 saturated carbocycles. The lowest BCUT2D eigenvalue weighted by Crippen LogP contribution is -2.28. The van der Waals surface area contributed by atoms with Gasteiger partial charge in [-0.05, 0) is 30.2 Å². The second-order valence-corrected chi connectivity index (χ2v) is 6.78. The predicted molar refractivity (Wildman–Crippen MR) is 94.2 cm³/mol. The minimum Gasteiger partial charge on any atom is -0.380 e. The summed E-state index contributed by atoms with van der Waals surface area (Å²) in [4.78, 5) is 17.2. The molecule has 23 heavy (non-hydrogen) atoms. The van der Waals surface area contributed by atoms with Gasteiger partial charge in [0.2, 0.25) is 5.91 Å². The van der Waals surface area contributed by atoms with Crippen LogP contribution in [0.3, 0.4) is 0 Å². The lowest BCUT2D eigenvalue weighted by atomic mass is 10.1. The molecule has 0 fully saturated rings. The molecule has 0 spiro atoms. The molecule has 1 heterocycles. The van der Waals surface area contributed by atoms with E-state index < -0.39 is 0 Å². The summed E-state index contributed by atoms with van der Waals surface area (Å²) in [5.74, 6) is -0.147. The molecule has 1 amide bonds. The Kier molecular flexibility index (Phi) is 6.53. The first-order chi connectivity index (χ1) is 11.0. The minimum absolute atomic E-state index is 0.147. The van der Waals surface area contributed by atoms with Crippen molar-refractivity contribution in [3.63, 3.8) is 0 Å². The number of amides is 1. The van der Waals surface area contributed by atoms with Gasteiger partial charge >= 0.3 is 0 Å². The van der Waals surface area contributed by atoms with Gasteiger partial charge in [-0.25, -0.2) is 4.98 Å². The largest absolute Gasteiger partial charge is 0.380 e. The van der Waals surface area contributed by atoms with Crippen molar-refractivity contribution < 1.29 is 9.53 Å². The summed E-state index contributed by atoms with van der Waals surface area (Å²) in [6.07, 6.45) is 2.50. The van der Waals surface area contributed by atoms with Gasteiger partial charge in [-0.15, -0.1) is 11.3 Å². The number of carbonyl (C=O) groups is 1. The van der Waals surface area contributed by atoms with Crippen LogP contribution in [-0.2, 0) is 16.0 Å². The zero-order valence-electron chi connectivity index (χ0n) is 13.1. The summed E-state index contributed by atoms with van der Waals surface area (Å²) in [7, 11) is 1.54. The van der Waals surface area contributed by atoms with Crippen LogP contribution >= 0.6 is 22.9 Å². The number of halogens is 1. The highest BCUT2D eigenvalue weighted by Gasteiger charge is 2.13. The Hall–Kier alpha value is -1.47. The number of hydrogen-bond acceptors (Lipinski definition) is 5. The number of nitrogens with zero attached hydrogens (tertiary/aromatic N) is 1. The number of hydrogen-bond donors (Lipinski definition) is 2. The van der Waals surface area contributed by atoms with E-state index in [-0.39, 0.29) is 18.4 Å². The van der Waals surface area contributed by atoms with Crippen LogP contribution in [0.5, 0.6) is 0 Å². The van der Waals surface area contributed by atoms with Gasteiger partial charge < -0.3 is 15.8 Å². The van der Waals surface area contributed by atoms with Crippen molar-refractivity contribution in [3.05, 3.63) is 45.4 Å². The van der Waals surface area contributed by atoms with Crippen LogP contribution in [0.15, 0.2) is 24.4 Å². The molecular weight excluding hydrogens is 334 g/mol. The number of nitrogens with two attached hydrogens (primary N) is 1. The number of carbonyl (C=O) groups excluding carboxylic acids is 1. The quantitative estimate of drug-likeness (QED) is 0.802. The average molecular weight is 354 g/mol. The maximum atomic E-state index is 11.9. The van der Waals surface area contributed by atoms with Crippen molar-refractivity contribution in [2.75, 3.05) is 19.0 Å². The van der Waals surface area contributed by atoms with Crippen molar-refractivity contribution >= 4 is 34.0 Å². The van der Waals surface area contributed by atoms with E-state index in [1.807, 2.05) is 25.1 Å². The molecule has 7 heteroatoms. The molecule has 3 N–H and O–H groups in total. The van der Waals surface area contributed by atoms with Gasteiger partial charge in [0.05, 0.1) is 12.5 Å². The van der Waals surface area contributed by atoms with E-state index in [1.165, 1.54) is 16.9 Å².